The minimum atomic E-state index is -1.28. The molecule has 1 atom stereocenters. The Labute approximate surface area is 188 Å². The number of benzene rings is 3. The summed E-state index contributed by atoms with van der Waals surface area (Å²) in [5.41, 5.74) is -1.01. The van der Waals surface area contributed by atoms with E-state index in [4.69, 9.17) is 9.47 Å². The summed E-state index contributed by atoms with van der Waals surface area (Å²) in [6.07, 6.45) is 0.369. The largest absolute Gasteiger partial charge is 0.490 e. The summed E-state index contributed by atoms with van der Waals surface area (Å²) in [5.74, 6) is 0.00167. The smallest absolute Gasteiger partial charge is 0.330 e. The van der Waals surface area contributed by atoms with Crippen LogP contribution in [0, 0.1) is 5.82 Å². The van der Waals surface area contributed by atoms with Crippen LogP contribution in [0.3, 0.4) is 0 Å². The molecule has 1 amide bonds. The van der Waals surface area contributed by atoms with Gasteiger partial charge in [-0.15, -0.1) is 0 Å². The number of ether oxygens (including phenoxy) is 2. The van der Waals surface area contributed by atoms with Crippen LogP contribution in [0.25, 0.3) is 10.8 Å². The number of carboxylic acids is 1. The van der Waals surface area contributed by atoms with E-state index in [9.17, 15) is 19.1 Å². The first-order valence-electron chi connectivity index (χ1n) is 10.2. The molecule has 1 aliphatic heterocycles. The second kappa shape index (κ2) is 9.48. The number of carboxylic acid groups (broad SMARTS) is 1. The maximum Gasteiger partial charge on any atom is 0.330 e. The fourth-order valence-electron chi connectivity index (χ4n) is 3.58. The van der Waals surface area contributed by atoms with Crippen LogP contribution >= 0.6 is 11.8 Å². The van der Waals surface area contributed by atoms with Gasteiger partial charge in [-0.2, -0.15) is 11.8 Å². The Morgan fingerprint density at radius 2 is 1.78 bits per heavy atom. The molecule has 3 aromatic rings. The minimum Gasteiger partial charge on any atom is -0.490 e. The molecule has 8 heteroatoms. The van der Waals surface area contributed by atoms with Crippen molar-refractivity contribution in [2.75, 3.05) is 24.7 Å². The molecule has 1 fully saturated rings. The Hall–Kier alpha value is -3.26. The van der Waals surface area contributed by atoms with E-state index in [1.54, 1.807) is 6.07 Å². The summed E-state index contributed by atoms with van der Waals surface area (Å²) in [4.78, 5) is 25.0. The highest BCUT2D eigenvalue weighted by molar-refractivity contribution is 7.99. The molecule has 1 heterocycles. The second-order valence-electron chi connectivity index (χ2n) is 7.46. The minimum absolute atomic E-state index is 0.144. The van der Waals surface area contributed by atoms with Crippen molar-refractivity contribution in [2.24, 2.45) is 0 Å². The maximum atomic E-state index is 13.1. The lowest BCUT2D eigenvalue weighted by molar-refractivity contribution is -0.143. The van der Waals surface area contributed by atoms with Gasteiger partial charge in [0.15, 0.2) is 0 Å². The molecule has 4 rings (SSSR count). The molecule has 0 aromatic heterocycles. The van der Waals surface area contributed by atoms with Gasteiger partial charge in [0, 0.05) is 11.1 Å². The number of carbonyl (C=O) groups is 2. The van der Waals surface area contributed by atoms with Gasteiger partial charge in [0.25, 0.3) is 5.91 Å². The van der Waals surface area contributed by atoms with Crippen LogP contribution in [0.15, 0.2) is 60.7 Å². The van der Waals surface area contributed by atoms with E-state index in [0.717, 1.165) is 10.8 Å². The third kappa shape index (κ3) is 4.65. The Bertz CT molecular complexity index is 1130. The molecule has 0 radical (unpaired) electrons. The molecule has 0 bridgehead atoms. The summed E-state index contributed by atoms with van der Waals surface area (Å²) in [6, 6.07) is 16.6. The maximum absolute atomic E-state index is 13.1. The van der Waals surface area contributed by atoms with Crippen molar-refractivity contribution in [3.05, 3.63) is 72.0 Å². The number of fused-ring (bicyclic) bond motifs is 1. The van der Waals surface area contributed by atoms with Gasteiger partial charge < -0.3 is 19.9 Å². The standard InChI is InChI=1S/C24H22FNO5S/c25-17-6-8-18(9-7-17)30-12-13-31-21-19-4-2-1-3-16(19)5-10-20(21)22(27)26-24(23(28)29)11-14-32-15-24/h1-10H,11-15H2,(H,26,27)(H,28,29). The molecule has 32 heavy (non-hydrogen) atoms. The lowest BCUT2D eigenvalue weighted by Crippen LogP contribution is -2.54. The zero-order chi connectivity index (χ0) is 22.6. The number of aliphatic carboxylic acids is 1. The molecule has 166 valence electrons. The third-order valence-corrected chi connectivity index (χ3v) is 6.51. The predicted octanol–water partition coefficient (Wildman–Crippen LogP) is 4.13. The van der Waals surface area contributed by atoms with Gasteiger partial charge in [0.1, 0.15) is 36.1 Å². The quantitative estimate of drug-likeness (QED) is 0.497. The third-order valence-electron chi connectivity index (χ3n) is 5.32. The topological polar surface area (TPSA) is 84.9 Å². The molecule has 2 N–H and O–H groups in total. The molecule has 1 saturated heterocycles. The van der Waals surface area contributed by atoms with Crippen molar-refractivity contribution in [1.29, 1.82) is 0 Å². The van der Waals surface area contributed by atoms with Gasteiger partial charge in [-0.05, 0) is 47.9 Å². The van der Waals surface area contributed by atoms with Crippen LogP contribution < -0.4 is 14.8 Å². The van der Waals surface area contributed by atoms with Crippen LogP contribution in [0.5, 0.6) is 11.5 Å². The van der Waals surface area contributed by atoms with Crippen LogP contribution in [-0.4, -0.2) is 47.2 Å². The van der Waals surface area contributed by atoms with E-state index in [2.05, 4.69) is 5.32 Å². The molecule has 0 saturated carbocycles. The van der Waals surface area contributed by atoms with Gasteiger partial charge in [-0.3, -0.25) is 4.79 Å². The van der Waals surface area contributed by atoms with Crippen LogP contribution in [-0.2, 0) is 4.79 Å². The van der Waals surface area contributed by atoms with Gasteiger partial charge in [-0.25, -0.2) is 9.18 Å². The first kappa shape index (κ1) is 22.0. The molecule has 1 aliphatic rings. The lowest BCUT2D eigenvalue weighted by atomic mass is 9.97. The fraction of sp³-hybridized carbons (Fsp3) is 0.250. The first-order valence-corrected chi connectivity index (χ1v) is 11.3. The Morgan fingerprint density at radius 1 is 1.03 bits per heavy atom. The van der Waals surface area contributed by atoms with Gasteiger partial charge in [0.2, 0.25) is 0 Å². The number of hydrogen-bond donors (Lipinski definition) is 2. The molecular formula is C24H22FNO5S. The summed E-state index contributed by atoms with van der Waals surface area (Å²) < 4.78 is 24.6. The Balaban J connectivity index is 1.54. The van der Waals surface area contributed by atoms with E-state index in [1.165, 1.54) is 36.0 Å². The fourth-order valence-corrected chi connectivity index (χ4v) is 4.91. The summed E-state index contributed by atoms with van der Waals surface area (Å²) in [7, 11) is 0. The van der Waals surface area contributed by atoms with Crippen molar-refractivity contribution in [3.63, 3.8) is 0 Å². The number of thioether (sulfide) groups is 1. The molecule has 6 nitrogen and oxygen atoms in total. The first-order chi connectivity index (χ1) is 15.5. The predicted molar refractivity (Wildman–Crippen MR) is 121 cm³/mol. The monoisotopic (exact) mass is 455 g/mol. The molecule has 0 spiro atoms. The highest BCUT2D eigenvalue weighted by Crippen LogP contribution is 2.33. The van der Waals surface area contributed by atoms with E-state index in [1.807, 2.05) is 30.3 Å². The number of rotatable bonds is 8. The van der Waals surface area contributed by atoms with Crippen molar-refractivity contribution >= 4 is 34.4 Å². The summed E-state index contributed by atoms with van der Waals surface area (Å²) in [5, 5.41) is 14.1. The molecule has 1 unspecified atom stereocenters. The van der Waals surface area contributed by atoms with Crippen molar-refractivity contribution in [2.45, 2.75) is 12.0 Å². The van der Waals surface area contributed by atoms with Crippen LogP contribution in [0.1, 0.15) is 16.8 Å². The number of amides is 1. The van der Waals surface area contributed by atoms with Gasteiger partial charge in [0.05, 0.1) is 5.56 Å². The zero-order valence-electron chi connectivity index (χ0n) is 17.2. The highest BCUT2D eigenvalue weighted by Gasteiger charge is 2.43. The Morgan fingerprint density at radius 3 is 2.50 bits per heavy atom. The second-order valence-corrected chi connectivity index (χ2v) is 8.56. The summed E-state index contributed by atoms with van der Waals surface area (Å²) >= 11 is 1.50. The van der Waals surface area contributed by atoms with Crippen LogP contribution in [0.4, 0.5) is 4.39 Å². The van der Waals surface area contributed by atoms with Crippen LogP contribution in [0.2, 0.25) is 0 Å². The zero-order valence-corrected chi connectivity index (χ0v) is 18.0. The van der Waals surface area contributed by atoms with Crippen molar-refractivity contribution in [3.8, 4) is 11.5 Å². The number of nitrogens with one attached hydrogen (secondary N) is 1. The molecule has 3 aromatic carbocycles. The van der Waals surface area contributed by atoms with E-state index in [-0.39, 0.29) is 24.6 Å². The number of hydrogen-bond acceptors (Lipinski definition) is 5. The number of halogens is 1. The SMILES string of the molecule is O=C(NC1(C(=O)O)CCSC1)c1ccc2ccccc2c1OCCOc1ccc(F)cc1. The Kier molecular flexibility index (Phi) is 6.50. The average molecular weight is 456 g/mol. The van der Waals surface area contributed by atoms with Gasteiger partial charge in [-0.1, -0.05) is 30.3 Å². The van der Waals surface area contributed by atoms with E-state index < -0.39 is 17.4 Å². The molecule has 0 aliphatic carbocycles. The number of carbonyl (C=O) groups excluding carboxylic acids is 1. The summed E-state index contributed by atoms with van der Waals surface area (Å²) in [6.45, 7) is 0.331. The highest BCUT2D eigenvalue weighted by atomic mass is 32.2. The average Bonchev–Trinajstić information content (AvgIpc) is 3.27. The van der Waals surface area contributed by atoms with Crippen molar-refractivity contribution in [1.82, 2.24) is 5.32 Å². The van der Waals surface area contributed by atoms with E-state index >= 15 is 0 Å². The molecular weight excluding hydrogens is 433 g/mol. The van der Waals surface area contributed by atoms with Gasteiger partial charge >= 0.3 is 5.97 Å². The lowest BCUT2D eigenvalue weighted by Gasteiger charge is -2.25. The van der Waals surface area contributed by atoms with Crippen molar-refractivity contribution < 1.29 is 28.6 Å². The van der Waals surface area contributed by atoms with E-state index in [0.29, 0.717) is 29.4 Å². The normalized spacial score (nSPS) is 17.8.